The fourth-order valence-corrected chi connectivity index (χ4v) is 5.03. The van der Waals surface area contributed by atoms with Crippen molar-refractivity contribution < 1.29 is 19.7 Å². The summed E-state index contributed by atoms with van der Waals surface area (Å²) in [7, 11) is 0. The van der Waals surface area contributed by atoms with Gasteiger partial charge < -0.3 is 19.7 Å². The molecule has 0 saturated carbocycles. The first-order valence-electron chi connectivity index (χ1n) is 10.8. The number of phenolic OH excluding ortho intramolecular Hbond substituents is 2. The quantitative estimate of drug-likeness (QED) is 0.349. The zero-order valence-electron chi connectivity index (χ0n) is 18.2. The van der Waals surface area contributed by atoms with Crippen LogP contribution in [0.25, 0.3) is 0 Å². The van der Waals surface area contributed by atoms with Gasteiger partial charge >= 0.3 is 0 Å². The number of ether oxygens (including phenoxy) is 2. The van der Waals surface area contributed by atoms with Crippen molar-refractivity contribution in [3.8, 4) is 23.0 Å². The lowest BCUT2D eigenvalue weighted by molar-refractivity contribution is 0.190. The van der Waals surface area contributed by atoms with Crippen molar-refractivity contribution in [1.82, 2.24) is 0 Å². The lowest BCUT2D eigenvalue weighted by Gasteiger charge is -2.34. The fraction of sp³-hybridized carbons (Fsp3) is 0.111. The molecule has 2 N–H and O–H groups in total. The van der Waals surface area contributed by atoms with Crippen LogP contribution in [0.1, 0.15) is 28.0 Å². The summed E-state index contributed by atoms with van der Waals surface area (Å²) in [5, 5.41) is 14.3. The minimum Gasteiger partial charge on any atom is -0.508 e. The van der Waals surface area contributed by atoms with Crippen LogP contribution in [0.2, 0.25) is 0 Å². The van der Waals surface area contributed by atoms with Gasteiger partial charge in [0.25, 0.3) is 1.43 Å². The zero-order chi connectivity index (χ0) is 22.6. The third kappa shape index (κ3) is 4.39. The number of fused-ring (bicyclic) bond motifs is 1. The van der Waals surface area contributed by atoms with E-state index in [0.717, 1.165) is 33.1 Å². The van der Waals surface area contributed by atoms with E-state index < -0.39 is 0 Å². The number of rotatable bonds is 6. The third-order valence-corrected chi connectivity index (χ3v) is 6.72. The van der Waals surface area contributed by atoms with Gasteiger partial charge in [-0.05, 0) is 59.2 Å². The molecule has 1 heterocycles. The monoisotopic (exact) mass is 444 g/mol. The van der Waals surface area contributed by atoms with Gasteiger partial charge in [0.15, 0.2) is 0 Å². The summed E-state index contributed by atoms with van der Waals surface area (Å²) in [5.74, 6) is 2.29. The summed E-state index contributed by atoms with van der Waals surface area (Å²) in [6.07, 6.45) is -0.248. The zero-order valence-corrected chi connectivity index (χ0v) is 18.0. The van der Waals surface area contributed by atoms with Crippen molar-refractivity contribution >= 4 is 11.8 Å². The minimum absolute atomic E-state index is 0.0359. The Labute approximate surface area is 192 Å². The van der Waals surface area contributed by atoms with E-state index in [0.29, 0.717) is 12.4 Å². The highest BCUT2D eigenvalue weighted by Gasteiger charge is 2.33. The highest BCUT2D eigenvalue weighted by molar-refractivity contribution is 7.99. The van der Waals surface area contributed by atoms with E-state index in [2.05, 4.69) is 5.11 Å². The minimum atomic E-state index is -0.248. The van der Waals surface area contributed by atoms with Crippen molar-refractivity contribution in [1.29, 1.82) is 1.43 Å². The molecule has 5 rings (SSSR count). The second-order valence-corrected chi connectivity index (χ2v) is 8.80. The first-order chi connectivity index (χ1) is 16.2. The summed E-state index contributed by atoms with van der Waals surface area (Å²) in [4.78, 5) is 1.00. The predicted octanol–water partition coefficient (Wildman–Crippen LogP) is 6.64. The smallest absolute Gasteiger partial charge is 0.293 e. The van der Waals surface area contributed by atoms with Gasteiger partial charge in [-0.25, -0.2) is 0 Å². The van der Waals surface area contributed by atoms with E-state index in [-0.39, 0.29) is 17.1 Å². The van der Waals surface area contributed by atoms with Crippen LogP contribution in [0.4, 0.5) is 0 Å². The van der Waals surface area contributed by atoms with Crippen molar-refractivity contribution in [2.24, 2.45) is 0 Å². The standard InChI is InChI=1S/C27H22O4S/c28-21-10-6-19(7-11-21)26-27(20-8-12-22(29)13-9-20)32-25-16-23(14-15-24(25)31-26)30-17-18-4-2-1-3-5-18/h1-16,26-29H,17H2/t26-,27+/m0/s1/i/hT. The molecule has 0 aromatic heterocycles. The molecule has 1 aliphatic rings. The molecule has 0 fully saturated rings. The third-order valence-electron chi connectivity index (χ3n) is 5.38. The maximum atomic E-state index is 9.73. The Hall–Kier alpha value is -3.57. The van der Waals surface area contributed by atoms with Crippen molar-refractivity contribution in [3.63, 3.8) is 0 Å². The predicted molar refractivity (Wildman–Crippen MR) is 125 cm³/mol. The van der Waals surface area contributed by atoms with Gasteiger partial charge in [-0.3, -0.25) is 0 Å². The summed E-state index contributed by atoms with van der Waals surface area (Å²) in [6, 6.07) is 30.6. The van der Waals surface area contributed by atoms with Gasteiger partial charge in [0.2, 0.25) is 0 Å². The molecule has 5 heteroatoms. The molecule has 1 aliphatic heterocycles. The van der Waals surface area contributed by atoms with Crippen LogP contribution in [0.15, 0.2) is 102 Å². The Morgan fingerprint density at radius 1 is 0.844 bits per heavy atom. The number of phenols is 2. The average Bonchev–Trinajstić information content (AvgIpc) is 2.88. The molecule has 0 radical (unpaired) electrons. The Balaban J connectivity index is 1.44. The number of hydrogen-bond acceptors (Lipinski definition) is 5. The van der Waals surface area contributed by atoms with E-state index in [1.807, 2.05) is 72.8 Å². The Morgan fingerprint density at radius 2 is 1.56 bits per heavy atom. The van der Waals surface area contributed by atoms with Gasteiger partial charge in [-0.2, -0.15) is 0 Å². The maximum absolute atomic E-state index is 9.73. The van der Waals surface area contributed by atoms with E-state index in [1.54, 1.807) is 36.0 Å². The molecule has 4 aromatic carbocycles. The summed E-state index contributed by atoms with van der Waals surface area (Å²) in [5.41, 5.74) is 3.14. The normalized spacial score (nSPS) is 17.6. The maximum Gasteiger partial charge on any atom is 0.293 e. The van der Waals surface area contributed by atoms with Gasteiger partial charge in [0.05, 0.1) is 10.1 Å². The van der Waals surface area contributed by atoms with Crippen LogP contribution in [0.3, 0.4) is 0 Å². The second kappa shape index (κ2) is 8.89. The lowest BCUT2D eigenvalue weighted by Crippen LogP contribution is -2.19. The Kier molecular flexibility index (Phi) is 5.32. The van der Waals surface area contributed by atoms with E-state index in [9.17, 15) is 5.11 Å². The number of thioether (sulfide) groups is 1. The van der Waals surface area contributed by atoms with E-state index >= 15 is 0 Å². The highest BCUT2D eigenvalue weighted by Crippen LogP contribution is 2.54. The molecule has 160 valence electrons. The second-order valence-electron chi connectivity index (χ2n) is 7.62. The number of aromatic hydroxyl groups is 2. The topological polar surface area (TPSA) is 58.9 Å². The molecule has 0 unspecified atom stereocenters. The molecular weight excluding hydrogens is 420 g/mol. The molecule has 2 atom stereocenters. The van der Waals surface area contributed by atoms with Gasteiger partial charge in [0.1, 0.15) is 35.7 Å². The first-order valence-corrected chi connectivity index (χ1v) is 11.2. The average molecular weight is 445 g/mol. The molecule has 0 amide bonds. The Morgan fingerprint density at radius 3 is 2.31 bits per heavy atom. The van der Waals surface area contributed by atoms with Gasteiger partial charge in [-0.15, -0.1) is 11.8 Å². The van der Waals surface area contributed by atoms with Crippen LogP contribution < -0.4 is 9.47 Å². The molecule has 4 nitrogen and oxygen atoms in total. The molecule has 32 heavy (non-hydrogen) atoms. The SMILES string of the molecule is [3H]Oc1ccc([C@H]2Sc3cc(OCc4ccccc4)ccc3O[C@H]2c2ccc(O)cc2)cc1. The summed E-state index contributed by atoms with van der Waals surface area (Å²) < 4.78 is 19.6. The fourth-order valence-electron chi connectivity index (χ4n) is 3.71. The molecule has 0 aliphatic carbocycles. The van der Waals surface area contributed by atoms with Gasteiger partial charge in [0, 0.05) is 0 Å². The Bertz CT molecular complexity index is 1210. The van der Waals surface area contributed by atoms with Crippen molar-refractivity contribution in [2.75, 3.05) is 0 Å². The van der Waals surface area contributed by atoms with Crippen LogP contribution in [0, 0.1) is 0 Å². The van der Waals surface area contributed by atoms with E-state index in [1.165, 1.54) is 0 Å². The van der Waals surface area contributed by atoms with Crippen LogP contribution in [-0.2, 0) is 6.61 Å². The van der Waals surface area contributed by atoms with Crippen LogP contribution in [0.5, 0.6) is 23.0 Å². The first kappa shape index (κ1) is 19.1. The van der Waals surface area contributed by atoms with Gasteiger partial charge in [-0.1, -0.05) is 54.6 Å². The van der Waals surface area contributed by atoms with Crippen LogP contribution >= 0.6 is 11.8 Å². The van der Waals surface area contributed by atoms with Crippen LogP contribution in [-0.4, -0.2) is 11.6 Å². The highest BCUT2D eigenvalue weighted by atomic mass is 32.2. The van der Waals surface area contributed by atoms with Crippen molar-refractivity contribution in [2.45, 2.75) is 22.9 Å². The molecule has 0 spiro atoms. The van der Waals surface area contributed by atoms with E-state index in [4.69, 9.17) is 10.9 Å². The number of benzene rings is 4. The summed E-state index contributed by atoms with van der Waals surface area (Å²) >= 11 is 1.71. The number of hydrogen-bond donors (Lipinski definition) is 2. The lowest BCUT2D eigenvalue weighted by atomic mass is 10.00. The largest absolute Gasteiger partial charge is 0.508 e. The molecule has 0 saturated heterocycles. The molecule has 0 bridgehead atoms. The summed E-state index contributed by atoms with van der Waals surface area (Å²) in [6.45, 7) is 0.499. The molecular formula is C27H22O4S. The van der Waals surface area contributed by atoms with Crippen molar-refractivity contribution in [3.05, 3.63) is 114 Å². The molecule has 4 aromatic rings.